The summed E-state index contributed by atoms with van der Waals surface area (Å²) in [5, 5.41) is 4.50. The van der Waals surface area contributed by atoms with Gasteiger partial charge in [0.1, 0.15) is 13.2 Å². The zero-order valence-corrected chi connectivity index (χ0v) is 16.3. The van der Waals surface area contributed by atoms with Gasteiger partial charge in [-0.3, -0.25) is 9.58 Å². The standard InChI is InChI=1S/C21H25N5O2/c1-14(2)26-12-15(10-24-26)11-25-6-5-17-20(23-13-22-17)21(25)16-3-4-18-19(9-16)28-8-7-27-18/h3-4,9-10,12-14,21H,5-8,11H2,1-2H3,(H,22,23)/t21-/m0/s1. The lowest BCUT2D eigenvalue weighted by Crippen LogP contribution is -2.35. The van der Waals surface area contributed by atoms with Gasteiger partial charge in [0.05, 0.1) is 24.3 Å². The first-order valence-corrected chi connectivity index (χ1v) is 9.88. The lowest BCUT2D eigenvalue weighted by molar-refractivity contribution is 0.169. The third-order valence-corrected chi connectivity index (χ3v) is 5.48. The molecule has 5 rings (SSSR count). The molecule has 4 heterocycles. The summed E-state index contributed by atoms with van der Waals surface area (Å²) in [6.45, 7) is 7.27. The molecule has 7 heteroatoms. The van der Waals surface area contributed by atoms with Crippen molar-refractivity contribution in [2.45, 2.75) is 38.9 Å². The van der Waals surface area contributed by atoms with Crippen molar-refractivity contribution in [1.29, 1.82) is 0 Å². The van der Waals surface area contributed by atoms with Crippen molar-refractivity contribution in [3.05, 3.63) is 59.4 Å². The fraction of sp³-hybridized carbons (Fsp3) is 0.429. The highest BCUT2D eigenvalue weighted by atomic mass is 16.6. The fourth-order valence-corrected chi connectivity index (χ4v) is 4.07. The van der Waals surface area contributed by atoms with Gasteiger partial charge in [0.2, 0.25) is 0 Å². The molecule has 2 aliphatic heterocycles. The summed E-state index contributed by atoms with van der Waals surface area (Å²) < 4.78 is 13.5. The summed E-state index contributed by atoms with van der Waals surface area (Å²) >= 11 is 0. The Bertz CT molecular complexity index is 977. The van der Waals surface area contributed by atoms with Crippen LogP contribution in [0.15, 0.2) is 36.9 Å². The summed E-state index contributed by atoms with van der Waals surface area (Å²) in [6, 6.07) is 6.69. The van der Waals surface area contributed by atoms with Crippen LogP contribution in [0.25, 0.3) is 0 Å². The first-order valence-electron chi connectivity index (χ1n) is 9.88. The molecule has 0 aliphatic carbocycles. The molecule has 0 bridgehead atoms. The highest BCUT2D eigenvalue weighted by Crippen LogP contribution is 2.39. The number of nitrogens with one attached hydrogen (secondary N) is 1. The van der Waals surface area contributed by atoms with Crippen molar-refractivity contribution in [2.24, 2.45) is 0 Å². The zero-order chi connectivity index (χ0) is 19.1. The van der Waals surface area contributed by atoms with Gasteiger partial charge in [-0.15, -0.1) is 0 Å². The molecular formula is C21H25N5O2. The molecule has 0 unspecified atom stereocenters. The SMILES string of the molecule is CC(C)n1cc(CN2CCc3[nH]cnc3[C@@H]2c2ccc3c(c2)OCCO3)cn1. The van der Waals surface area contributed by atoms with E-state index in [0.717, 1.165) is 36.7 Å². The van der Waals surface area contributed by atoms with Gasteiger partial charge >= 0.3 is 0 Å². The molecule has 1 N–H and O–H groups in total. The van der Waals surface area contributed by atoms with Crippen molar-refractivity contribution in [1.82, 2.24) is 24.6 Å². The topological polar surface area (TPSA) is 68.2 Å². The lowest BCUT2D eigenvalue weighted by atomic mass is 9.95. The maximum atomic E-state index is 5.82. The molecule has 2 aromatic heterocycles. The van der Waals surface area contributed by atoms with E-state index in [2.05, 4.69) is 52.1 Å². The van der Waals surface area contributed by atoms with E-state index in [-0.39, 0.29) is 6.04 Å². The number of imidazole rings is 1. The van der Waals surface area contributed by atoms with E-state index >= 15 is 0 Å². The molecule has 0 radical (unpaired) electrons. The summed E-state index contributed by atoms with van der Waals surface area (Å²) in [5.41, 5.74) is 4.71. The predicted molar refractivity (Wildman–Crippen MR) is 105 cm³/mol. The van der Waals surface area contributed by atoms with Crippen LogP contribution in [0, 0.1) is 0 Å². The van der Waals surface area contributed by atoms with E-state index in [0.29, 0.717) is 19.3 Å². The summed E-state index contributed by atoms with van der Waals surface area (Å²) in [4.78, 5) is 10.4. The smallest absolute Gasteiger partial charge is 0.161 e. The number of benzene rings is 1. The Hall–Kier alpha value is -2.80. The molecule has 2 aliphatic rings. The first kappa shape index (κ1) is 17.3. The van der Waals surface area contributed by atoms with Gasteiger partial charge in [0.25, 0.3) is 0 Å². The average molecular weight is 379 g/mol. The van der Waals surface area contributed by atoms with E-state index in [9.17, 15) is 0 Å². The predicted octanol–water partition coefficient (Wildman–Crippen LogP) is 3.11. The number of fused-ring (bicyclic) bond motifs is 2. The second-order valence-corrected chi connectivity index (χ2v) is 7.71. The minimum atomic E-state index is 0.0771. The monoisotopic (exact) mass is 379 g/mol. The van der Waals surface area contributed by atoms with Crippen LogP contribution in [-0.4, -0.2) is 44.4 Å². The Morgan fingerprint density at radius 1 is 1.21 bits per heavy atom. The van der Waals surface area contributed by atoms with Crippen molar-refractivity contribution in [3.8, 4) is 11.5 Å². The maximum Gasteiger partial charge on any atom is 0.161 e. The molecule has 1 aromatic carbocycles. The molecule has 0 saturated carbocycles. The van der Waals surface area contributed by atoms with Crippen LogP contribution in [-0.2, 0) is 13.0 Å². The largest absolute Gasteiger partial charge is 0.486 e. The summed E-state index contributed by atoms with van der Waals surface area (Å²) in [6.07, 6.45) is 6.89. The number of hydrogen-bond acceptors (Lipinski definition) is 5. The van der Waals surface area contributed by atoms with Crippen LogP contribution in [0.5, 0.6) is 11.5 Å². The lowest BCUT2D eigenvalue weighted by Gasteiger charge is -2.35. The van der Waals surface area contributed by atoms with Gasteiger partial charge < -0.3 is 14.5 Å². The van der Waals surface area contributed by atoms with Gasteiger partial charge in [0, 0.05) is 43.0 Å². The molecule has 0 spiro atoms. The second-order valence-electron chi connectivity index (χ2n) is 7.71. The molecule has 0 saturated heterocycles. The van der Waals surface area contributed by atoms with E-state index in [1.165, 1.54) is 16.8 Å². The number of nitrogens with zero attached hydrogens (tertiary/aromatic N) is 4. The third kappa shape index (κ3) is 3.05. The van der Waals surface area contributed by atoms with E-state index < -0.39 is 0 Å². The van der Waals surface area contributed by atoms with Crippen LogP contribution in [0.1, 0.15) is 48.4 Å². The highest BCUT2D eigenvalue weighted by molar-refractivity contribution is 5.46. The quantitative estimate of drug-likeness (QED) is 0.754. The Morgan fingerprint density at radius 3 is 2.89 bits per heavy atom. The average Bonchev–Trinajstić information content (AvgIpc) is 3.37. The van der Waals surface area contributed by atoms with Crippen molar-refractivity contribution in [2.75, 3.05) is 19.8 Å². The fourth-order valence-electron chi connectivity index (χ4n) is 4.07. The number of rotatable bonds is 4. The molecule has 7 nitrogen and oxygen atoms in total. The van der Waals surface area contributed by atoms with Crippen molar-refractivity contribution >= 4 is 0 Å². The molecule has 28 heavy (non-hydrogen) atoms. The van der Waals surface area contributed by atoms with Crippen LogP contribution < -0.4 is 9.47 Å². The Morgan fingerprint density at radius 2 is 2.07 bits per heavy atom. The Kier molecular flexibility index (Phi) is 4.31. The Labute approximate surface area is 164 Å². The van der Waals surface area contributed by atoms with Gasteiger partial charge in [-0.2, -0.15) is 5.10 Å². The molecule has 3 aromatic rings. The second kappa shape index (κ2) is 6.98. The van der Waals surface area contributed by atoms with Gasteiger partial charge in [-0.05, 0) is 31.5 Å². The number of aromatic nitrogens is 4. The maximum absolute atomic E-state index is 5.82. The molecule has 1 atom stereocenters. The first-order chi connectivity index (χ1) is 13.7. The van der Waals surface area contributed by atoms with Crippen molar-refractivity contribution in [3.63, 3.8) is 0 Å². The van der Waals surface area contributed by atoms with Gasteiger partial charge in [0.15, 0.2) is 11.5 Å². The zero-order valence-electron chi connectivity index (χ0n) is 16.3. The number of H-pyrrole nitrogens is 1. The number of ether oxygens (including phenoxy) is 2. The molecule has 0 fully saturated rings. The summed E-state index contributed by atoms with van der Waals surface area (Å²) in [7, 11) is 0. The van der Waals surface area contributed by atoms with Crippen LogP contribution in [0.2, 0.25) is 0 Å². The molecule has 0 amide bonds. The number of aromatic amines is 1. The minimum absolute atomic E-state index is 0.0771. The molecule has 146 valence electrons. The van der Waals surface area contributed by atoms with E-state index in [4.69, 9.17) is 9.47 Å². The van der Waals surface area contributed by atoms with Gasteiger partial charge in [-0.25, -0.2) is 4.98 Å². The van der Waals surface area contributed by atoms with E-state index in [1.54, 1.807) is 6.33 Å². The van der Waals surface area contributed by atoms with Gasteiger partial charge in [-0.1, -0.05) is 6.07 Å². The normalized spacial score (nSPS) is 19.0. The van der Waals surface area contributed by atoms with E-state index in [1.807, 2.05) is 16.9 Å². The minimum Gasteiger partial charge on any atom is -0.486 e. The summed E-state index contributed by atoms with van der Waals surface area (Å²) in [5.74, 6) is 1.64. The number of hydrogen-bond donors (Lipinski definition) is 1. The van der Waals surface area contributed by atoms with Crippen LogP contribution in [0.3, 0.4) is 0 Å². The van der Waals surface area contributed by atoms with Crippen molar-refractivity contribution < 1.29 is 9.47 Å². The van der Waals surface area contributed by atoms with Crippen LogP contribution in [0.4, 0.5) is 0 Å². The third-order valence-electron chi connectivity index (χ3n) is 5.48. The van der Waals surface area contributed by atoms with Crippen LogP contribution >= 0.6 is 0 Å². The Balaban J connectivity index is 1.49. The molecular weight excluding hydrogens is 354 g/mol. The highest BCUT2D eigenvalue weighted by Gasteiger charge is 2.32.